The molecule has 108 valence electrons. The van der Waals surface area contributed by atoms with Crippen LogP contribution in [0.15, 0.2) is 29.2 Å². The van der Waals surface area contributed by atoms with Crippen LogP contribution in [0.4, 0.5) is 0 Å². The maximum absolute atomic E-state index is 12.5. The first-order valence-electron chi connectivity index (χ1n) is 6.67. The molecule has 0 fully saturated rings. The second-order valence-corrected chi connectivity index (χ2v) is 6.36. The van der Waals surface area contributed by atoms with Crippen LogP contribution < -0.4 is 4.72 Å². The molecule has 1 aromatic carbocycles. The van der Waals surface area contributed by atoms with Gasteiger partial charge in [0, 0.05) is 5.54 Å². The van der Waals surface area contributed by atoms with Gasteiger partial charge in [-0.15, -0.1) is 0 Å². The Morgan fingerprint density at radius 3 is 2.11 bits per heavy atom. The molecular weight excluding hydrogens is 262 g/mol. The van der Waals surface area contributed by atoms with E-state index in [0.29, 0.717) is 5.56 Å². The molecule has 0 unspecified atom stereocenters. The Bertz CT molecular complexity index is 499. The Morgan fingerprint density at radius 1 is 1.11 bits per heavy atom. The van der Waals surface area contributed by atoms with Crippen LogP contribution in [0.5, 0.6) is 0 Å². The molecule has 0 bridgehead atoms. The van der Waals surface area contributed by atoms with Crippen molar-refractivity contribution < 1.29 is 13.5 Å². The average Bonchev–Trinajstić information content (AvgIpc) is 2.45. The first-order valence-corrected chi connectivity index (χ1v) is 8.15. The molecule has 0 saturated heterocycles. The molecule has 0 heterocycles. The molecule has 0 aliphatic carbocycles. The molecule has 0 saturated carbocycles. The van der Waals surface area contributed by atoms with Gasteiger partial charge in [0.1, 0.15) is 0 Å². The van der Waals surface area contributed by atoms with Gasteiger partial charge in [0.05, 0.1) is 11.5 Å². The summed E-state index contributed by atoms with van der Waals surface area (Å²) < 4.78 is 27.8. The number of hydrogen-bond donors (Lipinski definition) is 2. The average molecular weight is 285 g/mol. The Hall–Kier alpha value is -0.910. The fraction of sp³-hybridized carbons (Fsp3) is 0.571. The summed E-state index contributed by atoms with van der Waals surface area (Å²) in [4.78, 5) is 0.164. The highest BCUT2D eigenvalue weighted by molar-refractivity contribution is 7.89. The van der Waals surface area contributed by atoms with Gasteiger partial charge in [0.15, 0.2) is 0 Å². The van der Waals surface area contributed by atoms with Crippen LogP contribution >= 0.6 is 0 Å². The van der Waals surface area contributed by atoms with Crippen molar-refractivity contribution in [2.45, 2.75) is 57.1 Å². The van der Waals surface area contributed by atoms with Crippen molar-refractivity contribution >= 4 is 10.0 Å². The van der Waals surface area contributed by atoms with Crippen LogP contribution in [0.25, 0.3) is 0 Å². The molecule has 5 heteroatoms. The number of hydrogen-bond acceptors (Lipinski definition) is 3. The van der Waals surface area contributed by atoms with E-state index in [1.165, 1.54) is 6.07 Å². The first kappa shape index (κ1) is 16.1. The zero-order chi connectivity index (χ0) is 14.5. The second kappa shape index (κ2) is 6.50. The van der Waals surface area contributed by atoms with Crippen LogP contribution in [-0.2, 0) is 16.6 Å². The summed E-state index contributed by atoms with van der Waals surface area (Å²) in [5.74, 6) is 0. The summed E-state index contributed by atoms with van der Waals surface area (Å²) in [5.41, 5.74) is 0.00806. The van der Waals surface area contributed by atoms with Crippen LogP contribution in [-0.4, -0.2) is 19.1 Å². The third-order valence-electron chi connectivity index (χ3n) is 3.81. The molecule has 2 N–H and O–H groups in total. The molecule has 0 atom stereocenters. The molecule has 0 spiro atoms. The maximum Gasteiger partial charge on any atom is 0.241 e. The lowest BCUT2D eigenvalue weighted by Crippen LogP contribution is -2.47. The minimum atomic E-state index is -3.61. The van der Waals surface area contributed by atoms with Crippen molar-refractivity contribution in [1.82, 2.24) is 4.72 Å². The molecule has 1 rings (SSSR count). The van der Waals surface area contributed by atoms with Gasteiger partial charge in [-0.3, -0.25) is 0 Å². The van der Waals surface area contributed by atoms with Crippen LogP contribution in [0.3, 0.4) is 0 Å². The molecular formula is C14H23NO3S. The highest BCUT2D eigenvalue weighted by Crippen LogP contribution is 2.24. The number of sulfonamides is 1. The molecule has 1 aromatic rings. The highest BCUT2D eigenvalue weighted by atomic mass is 32.2. The number of aliphatic hydroxyl groups is 1. The summed E-state index contributed by atoms with van der Waals surface area (Å²) in [7, 11) is -3.61. The van der Waals surface area contributed by atoms with Gasteiger partial charge in [-0.2, -0.15) is 0 Å². The zero-order valence-corrected chi connectivity index (χ0v) is 12.6. The van der Waals surface area contributed by atoms with Gasteiger partial charge in [0.25, 0.3) is 0 Å². The fourth-order valence-corrected chi connectivity index (χ4v) is 4.05. The molecule has 0 radical (unpaired) electrons. The highest BCUT2D eigenvalue weighted by Gasteiger charge is 2.31. The van der Waals surface area contributed by atoms with Gasteiger partial charge in [-0.05, 0) is 30.9 Å². The van der Waals surface area contributed by atoms with E-state index < -0.39 is 15.6 Å². The molecule has 0 aliphatic rings. The van der Waals surface area contributed by atoms with Crippen molar-refractivity contribution in [1.29, 1.82) is 0 Å². The lowest BCUT2D eigenvalue weighted by atomic mass is 9.91. The third-order valence-corrected chi connectivity index (χ3v) is 5.49. The summed E-state index contributed by atoms with van der Waals surface area (Å²) in [5, 5.41) is 9.26. The second-order valence-electron chi connectivity index (χ2n) is 4.71. The topological polar surface area (TPSA) is 66.4 Å². The minimum absolute atomic E-state index is 0.164. The summed E-state index contributed by atoms with van der Waals surface area (Å²) in [6, 6.07) is 6.54. The van der Waals surface area contributed by atoms with Gasteiger partial charge < -0.3 is 5.11 Å². The Kier molecular flexibility index (Phi) is 5.52. The summed E-state index contributed by atoms with van der Waals surface area (Å²) in [6.45, 7) is 5.66. The minimum Gasteiger partial charge on any atom is -0.392 e. The number of rotatable bonds is 7. The lowest BCUT2D eigenvalue weighted by Gasteiger charge is -2.31. The van der Waals surface area contributed by atoms with Crippen LogP contribution in [0.1, 0.15) is 45.6 Å². The van der Waals surface area contributed by atoms with E-state index in [-0.39, 0.29) is 11.5 Å². The summed E-state index contributed by atoms with van der Waals surface area (Å²) in [6.07, 6.45) is 2.21. The molecule has 0 aromatic heterocycles. The smallest absolute Gasteiger partial charge is 0.241 e. The predicted octanol–water partition coefficient (Wildman–Crippen LogP) is 2.43. The predicted molar refractivity (Wildman–Crippen MR) is 76.3 cm³/mol. The van der Waals surface area contributed by atoms with Gasteiger partial charge in [0.2, 0.25) is 10.0 Å². The van der Waals surface area contributed by atoms with E-state index in [4.69, 9.17) is 0 Å². The molecule has 19 heavy (non-hydrogen) atoms. The van der Waals surface area contributed by atoms with Crippen molar-refractivity contribution in [3.05, 3.63) is 29.8 Å². The fourth-order valence-electron chi connectivity index (χ4n) is 2.20. The number of nitrogens with one attached hydrogen (secondary N) is 1. The SMILES string of the molecule is CCC(CC)(CC)NS(=O)(=O)c1ccccc1CO. The van der Waals surface area contributed by atoms with Crippen molar-refractivity contribution in [2.75, 3.05) is 0 Å². The lowest BCUT2D eigenvalue weighted by molar-refractivity contribution is 0.278. The normalized spacial score (nSPS) is 12.6. The summed E-state index contributed by atoms with van der Waals surface area (Å²) >= 11 is 0. The Labute approximate surface area is 115 Å². The van der Waals surface area contributed by atoms with E-state index in [9.17, 15) is 13.5 Å². The van der Waals surface area contributed by atoms with Crippen molar-refractivity contribution in [3.63, 3.8) is 0 Å². The van der Waals surface area contributed by atoms with E-state index in [0.717, 1.165) is 19.3 Å². The van der Waals surface area contributed by atoms with Gasteiger partial charge >= 0.3 is 0 Å². The Balaban J connectivity index is 3.18. The molecule has 0 amide bonds. The monoisotopic (exact) mass is 285 g/mol. The quantitative estimate of drug-likeness (QED) is 0.808. The van der Waals surface area contributed by atoms with Crippen LogP contribution in [0, 0.1) is 0 Å². The van der Waals surface area contributed by atoms with E-state index in [1.54, 1.807) is 18.2 Å². The van der Waals surface area contributed by atoms with E-state index >= 15 is 0 Å². The largest absolute Gasteiger partial charge is 0.392 e. The number of aliphatic hydroxyl groups excluding tert-OH is 1. The van der Waals surface area contributed by atoms with Gasteiger partial charge in [-0.1, -0.05) is 39.0 Å². The maximum atomic E-state index is 12.5. The third kappa shape index (κ3) is 3.55. The van der Waals surface area contributed by atoms with Crippen LogP contribution in [0.2, 0.25) is 0 Å². The Morgan fingerprint density at radius 2 is 1.63 bits per heavy atom. The number of benzene rings is 1. The van der Waals surface area contributed by atoms with E-state index in [1.807, 2.05) is 20.8 Å². The van der Waals surface area contributed by atoms with E-state index in [2.05, 4.69) is 4.72 Å². The van der Waals surface area contributed by atoms with Crippen molar-refractivity contribution in [3.8, 4) is 0 Å². The van der Waals surface area contributed by atoms with Crippen molar-refractivity contribution in [2.24, 2.45) is 0 Å². The standard InChI is InChI=1S/C14H23NO3S/c1-4-14(5-2,6-3)15-19(17,18)13-10-8-7-9-12(13)11-16/h7-10,15-16H,4-6,11H2,1-3H3. The molecule has 4 nitrogen and oxygen atoms in total. The zero-order valence-electron chi connectivity index (χ0n) is 11.8. The first-order chi connectivity index (χ1) is 8.94. The molecule has 0 aliphatic heterocycles. The van der Waals surface area contributed by atoms with Gasteiger partial charge in [-0.25, -0.2) is 13.1 Å².